The number of fused-ring (bicyclic) bond motifs is 1. The molecule has 2 amide bonds. The van der Waals surface area contributed by atoms with Gasteiger partial charge in [0.05, 0.1) is 18.2 Å². The number of alkyl carbamates (subject to hydrolysis) is 1. The number of carbonyl (C=O) groups is 2. The second-order valence-corrected chi connectivity index (χ2v) is 8.23. The Kier molecular flexibility index (Phi) is 5.63. The van der Waals surface area contributed by atoms with Crippen molar-refractivity contribution in [2.75, 3.05) is 5.32 Å². The molecule has 3 aromatic heterocycles. The van der Waals surface area contributed by atoms with Crippen LogP contribution in [0.5, 0.6) is 0 Å². The Morgan fingerprint density at radius 2 is 1.94 bits per heavy atom. The normalized spacial score (nSPS) is 11.3. The van der Waals surface area contributed by atoms with Gasteiger partial charge in [0.2, 0.25) is 5.95 Å². The minimum atomic E-state index is -0.519. The predicted octanol–water partition coefficient (Wildman–Crippen LogP) is 4.27. The molecule has 9 nitrogen and oxygen atoms in total. The van der Waals surface area contributed by atoms with Gasteiger partial charge in [0.15, 0.2) is 5.65 Å². The van der Waals surface area contributed by atoms with Crippen LogP contribution in [0.4, 0.5) is 10.7 Å². The van der Waals surface area contributed by atoms with Crippen LogP contribution in [0.1, 0.15) is 36.7 Å². The van der Waals surface area contributed by atoms with Crippen molar-refractivity contribution in [2.24, 2.45) is 0 Å². The molecule has 0 fully saturated rings. The maximum atomic E-state index is 12.7. The molecule has 4 aromatic rings. The third kappa shape index (κ3) is 4.94. The Hall–Kier alpha value is -4.14. The van der Waals surface area contributed by atoms with Gasteiger partial charge in [0.1, 0.15) is 6.61 Å². The van der Waals surface area contributed by atoms with Crippen molar-refractivity contribution < 1.29 is 18.7 Å². The summed E-state index contributed by atoms with van der Waals surface area (Å²) in [4.78, 5) is 29.0. The number of nitrogens with one attached hydrogen (secondary N) is 2. The van der Waals surface area contributed by atoms with Gasteiger partial charge < -0.3 is 14.5 Å². The summed E-state index contributed by atoms with van der Waals surface area (Å²) in [6.45, 7) is 5.64. The fourth-order valence-electron chi connectivity index (χ4n) is 3.05. The van der Waals surface area contributed by atoms with Crippen LogP contribution in [0.25, 0.3) is 16.9 Å². The maximum absolute atomic E-state index is 12.7. The van der Waals surface area contributed by atoms with E-state index in [-0.39, 0.29) is 18.5 Å². The number of furan rings is 1. The van der Waals surface area contributed by atoms with E-state index in [2.05, 4.69) is 20.7 Å². The van der Waals surface area contributed by atoms with Crippen LogP contribution in [0.15, 0.2) is 65.5 Å². The molecule has 0 saturated carbocycles. The number of ether oxygens (including phenoxy) is 1. The molecule has 0 spiro atoms. The van der Waals surface area contributed by atoms with E-state index in [1.165, 1.54) is 0 Å². The molecule has 9 heteroatoms. The van der Waals surface area contributed by atoms with Crippen LogP contribution in [-0.2, 0) is 11.3 Å². The van der Waals surface area contributed by atoms with E-state index >= 15 is 0 Å². The summed E-state index contributed by atoms with van der Waals surface area (Å²) in [5.74, 6) is -0.191. The molecule has 32 heavy (non-hydrogen) atoms. The van der Waals surface area contributed by atoms with E-state index in [1.807, 2.05) is 39.0 Å². The number of nitrogens with zero attached hydrogens (tertiary/aromatic N) is 3. The highest BCUT2D eigenvalue weighted by Gasteiger charge is 2.16. The highest BCUT2D eigenvalue weighted by atomic mass is 16.5. The molecule has 0 unspecified atom stereocenters. The molecule has 0 atom stereocenters. The van der Waals surface area contributed by atoms with Gasteiger partial charge in [-0.15, -0.1) is 5.10 Å². The Morgan fingerprint density at radius 1 is 1.12 bits per heavy atom. The van der Waals surface area contributed by atoms with E-state index in [4.69, 9.17) is 9.15 Å². The number of amides is 2. The lowest BCUT2D eigenvalue weighted by molar-refractivity contribution is 0.102. The zero-order valence-corrected chi connectivity index (χ0v) is 18.0. The Morgan fingerprint density at radius 3 is 2.69 bits per heavy atom. The van der Waals surface area contributed by atoms with Gasteiger partial charge in [-0.2, -0.15) is 4.98 Å². The summed E-state index contributed by atoms with van der Waals surface area (Å²) in [6, 6.07) is 14.2. The lowest BCUT2D eigenvalue weighted by atomic mass is 10.1. The monoisotopic (exact) mass is 433 g/mol. The molecule has 0 radical (unpaired) electrons. The predicted molar refractivity (Wildman–Crippen MR) is 118 cm³/mol. The number of carbonyl (C=O) groups excluding carboxylic acids is 2. The van der Waals surface area contributed by atoms with Crippen molar-refractivity contribution >= 4 is 23.6 Å². The molecule has 164 valence electrons. The number of hydrogen-bond acceptors (Lipinski definition) is 6. The molecule has 2 N–H and O–H groups in total. The maximum Gasteiger partial charge on any atom is 0.407 e. The lowest BCUT2D eigenvalue weighted by Crippen LogP contribution is -2.40. The van der Waals surface area contributed by atoms with E-state index in [9.17, 15) is 9.59 Å². The van der Waals surface area contributed by atoms with Gasteiger partial charge >= 0.3 is 6.09 Å². The van der Waals surface area contributed by atoms with Crippen LogP contribution in [-0.4, -0.2) is 32.1 Å². The van der Waals surface area contributed by atoms with Crippen molar-refractivity contribution in [1.29, 1.82) is 0 Å². The smallest absolute Gasteiger partial charge is 0.407 e. The van der Waals surface area contributed by atoms with Gasteiger partial charge in [-0.25, -0.2) is 9.31 Å². The van der Waals surface area contributed by atoms with E-state index in [1.54, 1.807) is 47.4 Å². The average molecular weight is 433 g/mol. The van der Waals surface area contributed by atoms with E-state index < -0.39 is 11.6 Å². The summed E-state index contributed by atoms with van der Waals surface area (Å²) >= 11 is 0. The number of hydrogen-bond donors (Lipinski definition) is 2. The van der Waals surface area contributed by atoms with Gasteiger partial charge in [-0.05, 0) is 56.7 Å². The number of rotatable bonds is 5. The second kappa shape index (κ2) is 8.54. The summed E-state index contributed by atoms with van der Waals surface area (Å²) in [6.07, 6.45) is 2.68. The highest BCUT2D eigenvalue weighted by Crippen LogP contribution is 2.21. The highest BCUT2D eigenvalue weighted by molar-refractivity contribution is 6.03. The minimum absolute atomic E-state index is 0.0453. The summed E-state index contributed by atoms with van der Waals surface area (Å²) in [7, 11) is 0. The zero-order valence-electron chi connectivity index (χ0n) is 18.0. The molecule has 1 aromatic carbocycles. The number of pyridine rings is 1. The molecule has 0 saturated heterocycles. The molecule has 0 aliphatic rings. The lowest BCUT2D eigenvalue weighted by Gasteiger charge is -2.20. The fraction of sp³-hybridized carbons (Fsp3) is 0.217. The first kappa shape index (κ1) is 21.1. The van der Waals surface area contributed by atoms with Crippen LogP contribution in [0, 0.1) is 0 Å². The van der Waals surface area contributed by atoms with Crippen molar-refractivity contribution in [3.05, 3.63) is 72.2 Å². The summed E-state index contributed by atoms with van der Waals surface area (Å²) < 4.78 is 12.0. The zero-order chi connectivity index (χ0) is 22.7. The fourth-order valence-corrected chi connectivity index (χ4v) is 3.05. The molecule has 0 bridgehead atoms. The quantitative estimate of drug-likeness (QED) is 0.486. The summed E-state index contributed by atoms with van der Waals surface area (Å²) in [5, 5.41) is 9.84. The van der Waals surface area contributed by atoms with Crippen LogP contribution >= 0.6 is 0 Å². The number of anilines is 1. The molecular weight excluding hydrogens is 410 g/mol. The first-order chi connectivity index (χ1) is 15.3. The standard InChI is InChI=1S/C23H23N5O4/c1-23(2,3)26-22(30)32-13-15-6-4-7-16(12-15)20(29)25-21-24-19-9-5-8-18(28(19)27-21)17-10-11-31-14-17/h4-12,14H,13H2,1-3H3,(H,26,30)(H,25,27,29). The largest absolute Gasteiger partial charge is 0.472 e. The Labute approximate surface area is 184 Å². The van der Waals surface area contributed by atoms with Gasteiger partial charge in [-0.3, -0.25) is 10.1 Å². The van der Waals surface area contributed by atoms with Gasteiger partial charge in [-0.1, -0.05) is 18.2 Å². The average Bonchev–Trinajstić information content (AvgIpc) is 3.40. The second-order valence-electron chi connectivity index (χ2n) is 8.23. The molecule has 3 heterocycles. The first-order valence-corrected chi connectivity index (χ1v) is 10.0. The summed E-state index contributed by atoms with van der Waals surface area (Å²) in [5.41, 5.74) is 2.92. The molecule has 0 aliphatic carbocycles. The van der Waals surface area contributed by atoms with Crippen molar-refractivity contribution in [3.63, 3.8) is 0 Å². The SMILES string of the molecule is CC(C)(C)NC(=O)OCc1cccc(C(=O)Nc2nc3cccc(-c4ccoc4)n3n2)c1. The third-order valence-corrected chi connectivity index (χ3v) is 4.44. The van der Waals surface area contributed by atoms with Crippen molar-refractivity contribution in [1.82, 2.24) is 19.9 Å². The first-order valence-electron chi connectivity index (χ1n) is 10.0. The van der Waals surface area contributed by atoms with Crippen LogP contribution in [0.3, 0.4) is 0 Å². The Bertz CT molecular complexity index is 1260. The third-order valence-electron chi connectivity index (χ3n) is 4.44. The van der Waals surface area contributed by atoms with E-state index in [0.29, 0.717) is 16.8 Å². The Balaban J connectivity index is 1.46. The topological polar surface area (TPSA) is 111 Å². The van der Waals surface area contributed by atoms with Gasteiger partial charge in [0, 0.05) is 16.7 Å². The molecular formula is C23H23N5O4. The minimum Gasteiger partial charge on any atom is -0.472 e. The van der Waals surface area contributed by atoms with Crippen LogP contribution in [0.2, 0.25) is 0 Å². The number of benzene rings is 1. The van der Waals surface area contributed by atoms with Crippen molar-refractivity contribution in [3.8, 4) is 11.3 Å². The van der Waals surface area contributed by atoms with E-state index in [0.717, 1.165) is 11.3 Å². The molecule has 0 aliphatic heterocycles. The van der Waals surface area contributed by atoms with Crippen molar-refractivity contribution in [2.45, 2.75) is 32.9 Å². The van der Waals surface area contributed by atoms with Crippen LogP contribution < -0.4 is 10.6 Å². The number of aromatic nitrogens is 3. The van der Waals surface area contributed by atoms with Gasteiger partial charge in [0.25, 0.3) is 5.91 Å². The molecule has 4 rings (SSSR count).